The van der Waals surface area contributed by atoms with Gasteiger partial charge in [-0.3, -0.25) is 10.1 Å². The van der Waals surface area contributed by atoms with Gasteiger partial charge in [0.1, 0.15) is 10.7 Å². The van der Waals surface area contributed by atoms with Crippen molar-refractivity contribution in [2.24, 2.45) is 0 Å². The number of carbonyl (C=O) groups excluding carboxylic acids is 1. The van der Waals surface area contributed by atoms with Crippen molar-refractivity contribution in [1.82, 2.24) is 20.0 Å². The summed E-state index contributed by atoms with van der Waals surface area (Å²) in [5.41, 5.74) is 1.53. The normalized spacial score (nSPS) is 10.7. The molecule has 0 spiro atoms. The molecule has 1 aromatic carbocycles. The zero-order valence-corrected chi connectivity index (χ0v) is 12.6. The minimum atomic E-state index is -0.451. The van der Waals surface area contributed by atoms with Gasteiger partial charge in [-0.05, 0) is 19.1 Å². The Kier molecular flexibility index (Phi) is 3.64. The lowest BCUT2D eigenvalue weighted by molar-refractivity contribution is 0.102. The number of rotatable bonds is 3. The zero-order valence-electron chi connectivity index (χ0n) is 11.9. The first-order valence-electron chi connectivity index (χ1n) is 6.48. The van der Waals surface area contributed by atoms with E-state index in [1.54, 1.807) is 13.8 Å². The summed E-state index contributed by atoms with van der Waals surface area (Å²) >= 11 is 6.30. The number of nitrogens with zero attached hydrogens (tertiary/aromatic N) is 4. The lowest BCUT2D eigenvalue weighted by atomic mass is 10.2. The standard InChI is InChI=1S/C14H12ClN5O2/c1-8-11(13(21)16-14-18-17-9(2)22-14)12(15)20(19-8)10-6-4-3-5-7-10/h3-7H,1-2H3,(H,16,18,21). The maximum Gasteiger partial charge on any atom is 0.322 e. The van der Waals surface area contributed by atoms with Crippen molar-refractivity contribution in [3.05, 3.63) is 52.6 Å². The molecule has 0 saturated carbocycles. The number of amides is 1. The first kappa shape index (κ1) is 14.3. The van der Waals surface area contributed by atoms with E-state index in [1.807, 2.05) is 30.3 Å². The Morgan fingerprint density at radius 2 is 1.95 bits per heavy atom. The second kappa shape index (κ2) is 5.61. The van der Waals surface area contributed by atoms with Gasteiger partial charge < -0.3 is 4.42 Å². The van der Waals surface area contributed by atoms with Gasteiger partial charge >= 0.3 is 6.01 Å². The SMILES string of the molecule is Cc1nnc(NC(=O)c2c(C)nn(-c3ccccc3)c2Cl)o1. The molecule has 3 rings (SSSR count). The number of aryl methyl sites for hydroxylation is 2. The molecular weight excluding hydrogens is 306 g/mol. The van der Waals surface area contributed by atoms with Gasteiger partial charge in [0.2, 0.25) is 5.89 Å². The summed E-state index contributed by atoms with van der Waals surface area (Å²) in [6.07, 6.45) is 0. The maximum atomic E-state index is 12.3. The highest BCUT2D eigenvalue weighted by atomic mass is 35.5. The largest absolute Gasteiger partial charge is 0.408 e. The molecule has 7 nitrogen and oxygen atoms in total. The van der Waals surface area contributed by atoms with E-state index in [1.165, 1.54) is 4.68 Å². The van der Waals surface area contributed by atoms with Crippen LogP contribution in [0.25, 0.3) is 5.69 Å². The molecule has 0 bridgehead atoms. The predicted molar refractivity (Wildman–Crippen MR) is 80.3 cm³/mol. The summed E-state index contributed by atoms with van der Waals surface area (Å²) in [5.74, 6) is -0.0913. The second-order valence-corrected chi connectivity index (χ2v) is 4.94. The van der Waals surface area contributed by atoms with E-state index in [2.05, 4.69) is 20.6 Å². The molecule has 1 N–H and O–H groups in total. The molecule has 0 saturated heterocycles. The highest BCUT2D eigenvalue weighted by molar-refractivity contribution is 6.33. The van der Waals surface area contributed by atoms with E-state index >= 15 is 0 Å². The van der Waals surface area contributed by atoms with Crippen LogP contribution in [-0.4, -0.2) is 25.9 Å². The molecule has 0 unspecified atom stereocenters. The summed E-state index contributed by atoms with van der Waals surface area (Å²) < 4.78 is 6.63. The average molecular weight is 318 g/mol. The van der Waals surface area contributed by atoms with Gasteiger partial charge in [0.25, 0.3) is 5.91 Å². The third-order valence-electron chi connectivity index (χ3n) is 2.98. The van der Waals surface area contributed by atoms with E-state index in [9.17, 15) is 4.79 Å². The number of benzene rings is 1. The minimum absolute atomic E-state index is 0.0189. The Labute approximate surface area is 130 Å². The number of hydrogen-bond acceptors (Lipinski definition) is 5. The molecule has 0 fully saturated rings. The monoisotopic (exact) mass is 317 g/mol. The van der Waals surface area contributed by atoms with Crippen LogP contribution in [0.4, 0.5) is 6.01 Å². The maximum absolute atomic E-state index is 12.3. The molecule has 0 aliphatic heterocycles. The fourth-order valence-electron chi connectivity index (χ4n) is 2.00. The number of para-hydroxylation sites is 1. The molecule has 112 valence electrons. The lowest BCUT2D eigenvalue weighted by Crippen LogP contribution is -2.13. The summed E-state index contributed by atoms with van der Waals surface area (Å²) in [6, 6.07) is 9.33. The van der Waals surface area contributed by atoms with E-state index in [0.29, 0.717) is 11.6 Å². The van der Waals surface area contributed by atoms with Gasteiger partial charge in [0.05, 0.1) is 11.4 Å². The van der Waals surface area contributed by atoms with Gasteiger partial charge in [0.15, 0.2) is 0 Å². The smallest absolute Gasteiger partial charge is 0.322 e. The Morgan fingerprint density at radius 3 is 2.59 bits per heavy atom. The Hall–Kier alpha value is -2.67. The molecule has 0 aliphatic carbocycles. The first-order valence-corrected chi connectivity index (χ1v) is 6.86. The van der Waals surface area contributed by atoms with Gasteiger partial charge in [-0.15, -0.1) is 5.10 Å². The van der Waals surface area contributed by atoms with Crippen LogP contribution in [0.5, 0.6) is 0 Å². The van der Waals surface area contributed by atoms with Crippen molar-refractivity contribution < 1.29 is 9.21 Å². The molecule has 1 amide bonds. The number of hydrogen-bond donors (Lipinski definition) is 1. The molecule has 0 atom stereocenters. The van der Waals surface area contributed by atoms with Crippen LogP contribution in [0, 0.1) is 13.8 Å². The molecule has 2 heterocycles. The van der Waals surface area contributed by atoms with E-state index in [0.717, 1.165) is 5.69 Å². The molecule has 8 heteroatoms. The van der Waals surface area contributed by atoms with Gasteiger partial charge in [-0.1, -0.05) is 34.9 Å². The second-order valence-electron chi connectivity index (χ2n) is 4.58. The van der Waals surface area contributed by atoms with Crippen LogP contribution in [0.1, 0.15) is 21.9 Å². The fourth-order valence-corrected chi connectivity index (χ4v) is 2.36. The fraction of sp³-hybridized carbons (Fsp3) is 0.143. The number of anilines is 1. The van der Waals surface area contributed by atoms with Crippen LogP contribution in [-0.2, 0) is 0 Å². The van der Waals surface area contributed by atoms with Crippen molar-refractivity contribution in [2.45, 2.75) is 13.8 Å². The third kappa shape index (κ3) is 2.58. The van der Waals surface area contributed by atoms with Crippen LogP contribution < -0.4 is 5.32 Å². The predicted octanol–water partition coefficient (Wildman–Crippen LogP) is 2.78. The van der Waals surface area contributed by atoms with E-state index < -0.39 is 5.91 Å². The Morgan fingerprint density at radius 1 is 1.23 bits per heavy atom. The van der Waals surface area contributed by atoms with Crippen LogP contribution in [0.2, 0.25) is 5.15 Å². The van der Waals surface area contributed by atoms with Crippen LogP contribution in [0.3, 0.4) is 0 Å². The Balaban J connectivity index is 1.94. The number of halogens is 1. The van der Waals surface area contributed by atoms with Gasteiger partial charge in [0, 0.05) is 6.92 Å². The third-order valence-corrected chi connectivity index (χ3v) is 3.33. The highest BCUT2D eigenvalue weighted by Gasteiger charge is 2.22. The van der Waals surface area contributed by atoms with Gasteiger partial charge in [-0.25, -0.2) is 4.68 Å². The van der Waals surface area contributed by atoms with Crippen molar-refractivity contribution in [3.8, 4) is 5.69 Å². The molecule has 22 heavy (non-hydrogen) atoms. The molecule has 0 aliphatic rings. The minimum Gasteiger partial charge on any atom is -0.408 e. The number of aromatic nitrogens is 4. The van der Waals surface area contributed by atoms with Crippen molar-refractivity contribution in [2.75, 3.05) is 5.32 Å². The van der Waals surface area contributed by atoms with Crippen LogP contribution >= 0.6 is 11.6 Å². The van der Waals surface area contributed by atoms with Crippen LogP contribution in [0.15, 0.2) is 34.7 Å². The topological polar surface area (TPSA) is 85.8 Å². The summed E-state index contributed by atoms with van der Waals surface area (Å²) in [6.45, 7) is 3.34. The lowest BCUT2D eigenvalue weighted by Gasteiger charge is -2.03. The molecular formula is C14H12ClN5O2. The summed E-state index contributed by atoms with van der Waals surface area (Å²) in [7, 11) is 0. The quantitative estimate of drug-likeness (QED) is 0.802. The summed E-state index contributed by atoms with van der Waals surface area (Å²) in [4.78, 5) is 12.3. The van der Waals surface area contributed by atoms with E-state index in [-0.39, 0.29) is 16.7 Å². The summed E-state index contributed by atoms with van der Waals surface area (Å²) in [5, 5.41) is 14.4. The number of nitrogens with one attached hydrogen (secondary N) is 1. The van der Waals surface area contributed by atoms with E-state index in [4.69, 9.17) is 16.0 Å². The Bertz CT molecular complexity index is 825. The van der Waals surface area contributed by atoms with Crippen molar-refractivity contribution in [1.29, 1.82) is 0 Å². The zero-order chi connectivity index (χ0) is 15.7. The highest BCUT2D eigenvalue weighted by Crippen LogP contribution is 2.24. The number of carbonyl (C=O) groups is 1. The van der Waals surface area contributed by atoms with Crippen molar-refractivity contribution in [3.63, 3.8) is 0 Å². The molecule has 3 aromatic rings. The molecule has 0 radical (unpaired) electrons. The van der Waals surface area contributed by atoms with Crippen molar-refractivity contribution >= 4 is 23.5 Å². The first-order chi connectivity index (χ1) is 10.6. The molecule has 2 aromatic heterocycles. The van der Waals surface area contributed by atoms with Gasteiger partial charge in [-0.2, -0.15) is 5.10 Å². The average Bonchev–Trinajstić information content (AvgIpc) is 3.03.